The Morgan fingerprint density at radius 1 is 0.864 bits per heavy atom. The average Bonchev–Trinajstić information content (AvgIpc) is 3.75. The molecular formula is C35H35FN4O4. The molecule has 9 heteroatoms. The highest BCUT2D eigenvalue weighted by molar-refractivity contribution is 6.06. The Kier molecular flexibility index (Phi) is 8.74. The summed E-state index contributed by atoms with van der Waals surface area (Å²) in [6, 6.07) is 25.0. The number of benzene rings is 4. The van der Waals surface area contributed by atoms with E-state index in [4.69, 9.17) is 15.2 Å². The minimum absolute atomic E-state index is 0.112. The first-order valence-corrected chi connectivity index (χ1v) is 14.9. The summed E-state index contributed by atoms with van der Waals surface area (Å²) in [6.07, 6.45) is 2.85. The minimum Gasteiger partial charge on any atom is -0.454 e. The summed E-state index contributed by atoms with van der Waals surface area (Å²) in [5.74, 6) is 0.257. The minimum atomic E-state index is -0.458. The van der Waals surface area contributed by atoms with Gasteiger partial charge in [-0.1, -0.05) is 30.3 Å². The molecule has 0 spiro atoms. The second-order valence-electron chi connectivity index (χ2n) is 11.0. The SMILES string of the molecule is NCCCN(Cc1cccc(-c2ccc(N3CCCC3)c(NC(=O)c3cccc(F)c3)c2)c1)C(=O)c1ccc2c(c1)OCO2. The molecule has 3 N–H and O–H groups in total. The van der Waals surface area contributed by atoms with E-state index in [0.717, 1.165) is 48.3 Å². The van der Waals surface area contributed by atoms with E-state index in [1.54, 1.807) is 29.2 Å². The molecular weight excluding hydrogens is 559 g/mol. The molecule has 226 valence electrons. The first-order chi connectivity index (χ1) is 21.5. The number of nitrogens with zero attached hydrogens (tertiary/aromatic N) is 2. The van der Waals surface area contributed by atoms with Gasteiger partial charge in [0.2, 0.25) is 6.79 Å². The molecule has 0 radical (unpaired) electrons. The van der Waals surface area contributed by atoms with Crippen molar-refractivity contribution in [3.05, 3.63) is 107 Å². The quantitative estimate of drug-likeness (QED) is 0.232. The van der Waals surface area contributed by atoms with Crippen LogP contribution in [0.15, 0.2) is 84.9 Å². The van der Waals surface area contributed by atoms with E-state index in [2.05, 4.69) is 22.3 Å². The molecule has 0 atom stereocenters. The van der Waals surface area contributed by atoms with Gasteiger partial charge >= 0.3 is 0 Å². The summed E-state index contributed by atoms with van der Waals surface area (Å²) in [5, 5.41) is 3.03. The van der Waals surface area contributed by atoms with E-state index in [-0.39, 0.29) is 24.2 Å². The molecule has 4 aromatic rings. The van der Waals surface area contributed by atoms with Crippen LogP contribution in [0.5, 0.6) is 11.5 Å². The largest absolute Gasteiger partial charge is 0.454 e. The van der Waals surface area contributed by atoms with Gasteiger partial charge in [0.25, 0.3) is 11.8 Å². The maximum Gasteiger partial charge on any atom is 0.255 e. The van der Waals surface area contributed by atoms with Gasteiger partial charge in [-0.05, 0) is 97.1 Å². The Morgan fingerprint density at radius 2 is 1.66 bits per heavy atom. The van der Waals surface area contributed by atoms with Gasteiger partial charge in [-0.25, -0.2) is 4.39 Å². The third kappa shape index (κ3) is 6.53. The smallest absolute Gasteiger partial charge is 0.255 e. The number of anilines is 2. The van der Waals surface area contributed by atoms with E-state index in [9.17, 15) is 14.0 Å². The van der Waals surface area contributed by atoms with Crippen LogP contribution in [-0.4, -0.2) is 49.7 Å². The van der Waals surface area contributed by atoms with E-state index >= 15 is 0 Å². The van der Waals surface area contributed by atoms with Gasteiger partial charge in [-0.2, -0.15) is 0 Å². The lowest BCUT2D eigenvalue weighted by molar-refractivity contribution is 0.0741. The van der Waals surface area contributed by atoms with Crippen LogP contribution >= 0.6 is 0 Å². The maximum atomic E-state index is 13.8. The first kappa shape index (κ1) is 29.2. The highest BCUT2D eigenvalue weighted by atomic mass is 19.1. The Bertz CT molecular complexity index is 1670. The van der Waals surface area contributed by atoms with Crippen molar-refractivity contribution in [2.24, 2.45) is 5.73 Å². The first-order valence-electron chi connectivity index (χ1n) is 14.9. The molecule has 1 fully saturated rings. The molecule has 44 heavy (non-hydrogen) atoms. The molecule has 2 aliphatic rings. The number of nitrogens with two attached hydrogens (primary N) is 1. The number of hydrogen-bond donors (Lipinski definition) is 2. The zero-order valence-corrected chi connectivity index (χ0v) is 24.4. The van der Waals surface area contributed by atoms with Crippen molar-refractivity contribution in [1.82, 2.24) is 4.90 Å². The molecule has 0 aromatic heterocycles. The average molecular weight is 595 g/mol. The van der Waals surface area contributed by atoms with Crippen LogP contribution in [0, 0.1) is 5.82 Å². The Hall–Kier alpha value is -4.89. The molecule has 8 nitrogen and oxygen atoms in total. The third-order valence-electron chi connectivity index (χ3n) is 7.95. The van der Waals surface area contributed by atoms with Gasteiger partial charge in [-0.3, -0.25) is 9.59 Å². The molecule has 6 rings (SSSR count). The molecule has 0 aliphatic carbocycles. The zero-order chi connectivity index (χ0) is 30.5. The molecule has 1 saturated heterocycles. The van der Waals surface area contributed by atoms with Crippen molar-refractivity contribution in [3.8, 4) is 22.6 Å². The van der Waals surface area contributed by atoms with Crippen molar-refractivity contribution >= 4 is 23.2 Å². The highest BCUT2D eigenvalue weighted by Gasteiger charge is 2.22. The molecule has 0 saturated carbocycles. The normalized spacial score (nSPS) is 13.6. The fourth-order valence-corrected chi connectivity index (χ4v) is 5.69. The molecule has 2 amide bonds. The zero-order valence-electron chi connectivity index (χ0n) is 24.4. The lowest BCUT2D eigenvalue weighted by Gasteiger charge is -2.24. The van der Waals surface area contributed by atoms with Gasteiger partial charge in [-0.15, -0.1) is 0 Å². The number of ether oxygens (including phenoxy) is 2. The van der Waals surface area contributed by atoms with E-state index < -0.39 is 5.82 Å². The summed E-state index contributed by atoms with van der Waals surface area (Å²) in [6.45, 7) is 3.34. The van der Waals surface area contributed by atoms with Crippen LogP contribution in [0.1, 0.15) is 45.5 Å². The second-order valence-corrected chi connectivity index (χ2v) is 11.0. The summed E-state index contributed by atoms with van der Waals surface area (Å²) in [5.41, 5.74) is 11.0. The van der Waals surface area contributed by atoms with Gasteiger partial charge in [0, 0.05) is 37.3 Å². The Balaban J connectivity index is 1.27. The van der Waals surface area contributed by atoms with Crippen LogP contribution in [0.2, 0.25) is 0 Å². The number of amides is 2. The Morgan fingerprint density at radius 3 is 2.48 bits per heavy atom. The van der Waals surface area contributed by atoms with Crippen LogP contribution in [0.25, 0.3) is 11.1 Å². The number of rotatable bonds is 10. The summed E-state index contributed by atoms with van der Waals surface area (Å²) < 4.78 is 24.7. The van der Waals surface area contributed by atoms with E-state index in [1.165, 1.54) is 18.2 Å². The van der Waals surface area contributed by atoms with Gasteiger partial charge in [0.15, 0.2) is 11.5 Å². The second kappa shape index (κ2) is 13.2. The van der Waals surface area contributed by atoms with Gasteiger partial charge < -0.3 is 30.3 Å². The highest BCUT2D eigenvalue weighted by Crippen LogP contribution is 2.35. The predicted molar refractivity (Wildman–Crippen MR) is 169 cm³/mol. The van der Waals surface area contributed by atoms with E-state index in [1.807, 2.05) is 30.3 Å². The van der Waals surface area contributed by atoms with Crippen LogP contribution in [0.3, 0.4) is 0 Å². The van der Waals surface area contributed by atoms with Crippen molar-refractivity contribution in [3.63, 3.8) is 0 Å². The van der Waals surface area contributed by atoms with Crippen LogP contribution in [-0.2, 0) is 6.54 Å². The predicted octanol–water partition coefficient (Wildman–Crippen LogP) is 6.07. The lowest BCUT2D eigenvalue weighted by atomic mass is 10.0. The lowest BCUT2D eigenvalue weighted by Crippen LogP contribution is -2.32. The van der Waals surface area contributed by atoms with Crippen LogP contribution < -0.4 is 25.4 Å². The number of carbonyl (C=O) groups excluding carboxylic acids is 2. The number of nitrogens with one attached hydrogen (secondary N) is 1. The van der Waals surface area contributed by atoms with Crippen molar-refractivity contribution in [2.75, 3.05) is 43.2 Å². The third-order valence-corrected chi connectivity index (χ3v) is 7.95. The van der Waals surface area contributed by atoms with Crippen molar-refractivity contribution in [1.29, 1.82) is 0 Å². The molecule has 4 aromatic carbocycles. The molecule has 0 bridgehead atoms. The number of carbonyl (C=O) groups is 2. The topological polar surface area (TPSA) is 97.1 Å². The summed E-state index contributed by atoms with van der Waals surface area (Å²) >= 11 is 0. The molecule has 0 unspecified atom stereocenters. The Labute approximate surface area is 256 Å². The summed E-state index contributed by atoms with van der Waals surface area (Å²) in [4.78, 5) is 30.8. The van der Waals surface area contributed by atoms with Crippen molar-refractivity contribution < 1.29 is 23.5 Å². The number of halogens is 1. The van der Waals surface area contributed by atoms with Gasteiger partial charge in [0.05, 0.1) is 11.4 Å². The molecule has 2 aliphatic heterocycles. The fourth-order valence-electron chi connectivity index (χ4n) is 5.69. The monoisotopic (exact) mass is 594 g/mol. The maximum absolute atomic E-state index is 13.8. The van der Waals surface area contributed by atoms with Crippen LogP contribution in [0.4, 0.5) is 15.8 Å². The number of fused-ring (bicyclic) bond motifs is 1. The molecule has 2 heterocycles. The summed E-state index contributed by atoms with van der Waals surface area (Å²) in [7, 11) is 0. The fraction of sp³-hybridized carbons (Fsp3) is 0.257. The standard InChI is InChI=1S/C35H35FN4O4/c36-29-9-4-8-27(19-29)34(41)38-30-20-26(10-12-31(30)39-15-1-2-16-39)25-7-3-6-24(18-25)22-40(17-5-14-37)35(42)28-11-13-32-33(21-28)44-23-43-32/h3-4,6-13,18-21H,1-2,5,14-17,22-23,37H2,(H,38,41). The number of hydrogen-bond acceptors (Lipinski definition) is 6. The van der Waals surface area contributed by atoms with Crippen molar-refractivity contribution in [2.45, 2.75) is 25.8 Å². The van der Waals surface area contributed by atoms with E-state index in [0.29, 0.717) is 48.8 Å². The van der Waals surface area contributed by atoms with Gasteiger partial charge in [0.1, 0.15) is 5.82 Å².